The highest BCUT2D eigenvalue weighted by Crippen LogP contribution is 2.41. The molecule has 1 fully saturated rings. The fraction of sp³-hybridized carbons (Fsp3) is 0.160. The van der Waals surface area contributed by atoms with Gasteiger partial charge in [-0.1, -0.05) is 47.5 Å². The number of ketones is 1. The van der Waals surface area contributed by atoms with Gasteiger partial charge in [0.05, 0.1) is 11.6 Å². The van der Waals surface area contributed by atoms with Gasteiger partial charge in [-0.3, -0.25) is 14.6 Å². The first kappa shape index (κ1) is 20.8. The van der Waals surface area contributed by atoms with E-state index in [4.69, 9.17) is 11.6 Å². The average Bonchev–Trinajstić information content (AvgIpc) is 3.01. The number of aromatic nitrogens is 1. The molecule has 2 aromatic carbocycles. The summed E-state index contributed by atoms with van der Waals surface area (Å²) >= 11 is 6.06. The topological polar surface area (TPSA) is 70.5 Å². The summed E-state index contributed by atoms with van der Waals surface area (Å²) in [5.41, 5.74) is 3.86. The van der Waals surface area contributed by atoms with Crippen molar-refractivity contribution >= 4 is 29.1 Å². The Morgan fingerprint density at radius 1 is 1.10 bits per heavy atom. The second kappa shape index (κ2) is 8.36. The standard InChI is InChI=1S/C25H21ClN2O3/c1-15-5-6-16(2)20(12-15)23(29)21-22(18-7-9-19(26)10-8-18)28(25(31)24(21)30)14-17-4-3-11-27-13-17/h3-13,22,29H,14H2,1-2H3. The van der Waals surface area contributed by atoms with E-state index in [0.717, 1.165) is 16.7 Å². The Morgan fingerprint density at radius 3 is 2.52 bits per heavy atom. The molecule has 1 unspecified atom stereocenters. The Labute approximate surface area is 185 Å². The summed E-state index contributed by atoms with van der Waals surface area (Å²) in [5, 5.41) is 11.8. The number of pyridine rings is 1. The molecule has 1 atom stereocenters. The third-order valence-electron chi connectivity index (χ3n) is 5.45. The maximum atomic E-state index is 13.1. The number of aryl methyl sites for hydroxylation is 2. The molecule has 156 valence electrons. The fourth-order valence-electron chi connectivity index (χ4n) is 3.86. The molecule has 1 N–H and O–H groups in total. The summed E-state index contributed by atoms with van der Waals surface area (Å²) in [7, 11) is 0. The molecular weight excluding hydrogens is 412 g/mol. The smallest absolute Gasteiger partial charge is 0.295 e. The van der Waals surface area contributed by atoms with Crippen LogP contribution in [0.3, 0.4) is 0 Å². The molecule has 2 heterocycles. The Morgan fingerprint density at radius 2 is 1.84 bits per heavy atom. The molecule has 6 heteroatoms. The molecule has 0 aliphatic carbocycles. The van der Waals surface area contributed by atoms with Gasteiger partial charge < -0.3 is 10.0 Å². The van der Waals surface area contributed by atoms with Gasteiger partial charge in [0.25, 0.3) is 11.7 Å². The molecule has 0 bridgehead atoms. The Balaban J connectivity index is 1.90. The zero-order valence-electron chi connectivity index (χ0n) is 17.2. The number of Topliss-reactive ketones (excluding diaryl/α,β-unsaturated/α-hetero) is 1. The lowest BCUT2D eigenvalue weighted by Gasteiger charge is -2.25. The first-order chi connectivity index (χ1) is 14.9. The minimum atomic E-state index is -0.739. The van der Waals surface area contributed by atoms with Crippen LogP contribution in [-0.4, -0.2) is 26.7 Å². The molecule has 0 radical (unpaired) electrons. The normalized spacial score (nSPS) is 17.9. The molecular formula is C25H21ClN2O3. The minimum absolute atomic E-state index is 0.0740. The maximum absolute atomic E-state index is 13.1. The van der Waals surface area contributed by atoms with Crippen LogP contribution in [0.2, 0.25) is 5.02 Å². The van der Waals surface area contributed by atoms with E-state index in [2.05, 4.69) is 4.98 Å². The predicted molar refractivity (Wildman–Crippen MR) is 119 cm³/mol. The third kappa shape index (κ3) is 3.97. The van der Waals surface area contributed by atoms with E-state index in [1.165, 1.54) is 4.90 Å². The zero-order chi connectivity index (χ0) is 22.1. The zero-order valence-corrected chi connectivity index (χ0v) is 17.9. The Hall–Kier alpha value is -3.44. The lowest BCUT2D eigenvalue weighted by molar-refractivity contribution is -0.140. The number of amides is 1. The van der Waals surface area contributed by atoms with E-state index in [1.54, 1.807) is 42.7 Å². The lowest BCUT2D eigenvalue weighted by atomic mass is 9.93. The quantitative estimate of drug-likeness (QED) is 0.359. The van der Waals surface area contributed by atoms with E-state index >= 15 is 0 Å². The van der Waals surface area contributed by atoms with Crippen LogP contribution >= 0.6 is 11.6 Å². The molecule has 0 saturated carbocycles. The highest BCUT2D eigenvalue weighted by atomic mass is 35.5. The van der Waals surface area contributed by atoms with Crippen LogP contribution in [-0.2, 0) is 16.1 Å². The molecule has 1 aromatic heterocycles. The van der Waals surface area contributed by atoms with Crippen LogP contribution in [0, 0.1) is 13.8 Å². The summed E-state index contributed by atoms with van der Waals surface area (Å²) in [4.78, 5) is 31.7. The fourth-order valence-corrected chi connectivity index (χ4v) is 3.99. The van der Waals surface area contributed by atoms with Gasteiger partial charge in [-0.15, -0.1) is 0 Å². The van der Waals surface area contributed by atoms with E-state index in [-0.39, 0.29) is 17.9 Å². The molecule has 1 aliphatic rings. The van der Waals surface area contributed by atoms with Gasteiger partial charge in [-0.2, -0.15) is 0 Å². The van der Waals surface area contributed by atoms with E-state index in [9.17, 15) is 14.7 Å². The lowest BCUT2D eigenvalue weighted by Crippen LogP contribution is -2.29. The molecule has 1 saturated heterocycles. The average molecular weight is 433 g/mol. The number of carbonyl (C=O) groups excluding carboxylic acids is 2. The van der Waals surface area contributed by atoms with Crippen LogP contribution in [0.4, 0.5) is 0 Å². The van der Waals surface area contributed by atoms with E-state index in [0.29, 0.717) is 16.1 Å². The van der Waals surface area contributed by atoms with Crippen molar-refractivity contribution in [3.8, 4) is 0 Å². The number of benzene rings is 2. The number of likely N-dealkylation sites (tertiary alicyclic amines) is 1. The van der Waals surface area contributed by atoms with Crippen molar-refractivity contribution in [1.29, 1.82) is 0 Å². The predicted octanol–water partition coefficient (Wildman–Crippen LogP) is 4.97. The summed E-state index contributed by atoms with van der Waals surface area (Å²) in [6.45, 7) is 3.96. The third-order valence-corrected chi connectivity index (χ3v) is 5.70. The van der Waals surface area contributed by atoms with Crippen molar-refractivity contribution < 1.29 is 14.7 Å². The summed E-state index contributed by atoms with van der Waals surface area (Å²) in [6, 6.07) is 15.5. The number of aliphatic hydroxyl groups is 1. The molecule has 0 spiro atoms. The van der Waals surface area contributed by atoms with Crippen molar-refractivity contribution in [2.45, 2.75) is 26.4 Å². The van der Waals surface area contributed by atoms with Crippen molar-refractivity contribution in [2.24, 2.45) is 0 Å². The van der Waals surface area contributed by atoms with Gasteiger partial charge in [-0.25, -0.2) is 0 Å². The maximum Gasteiger partial charge on any atom is 0.295 e. The van der Waals surface area contributed by atoms with Gasteiger partial charge in [-0.05, 0) is 54.8 Å². The summed E-state index contributed by atoms with van der Waals surface area (Å²) in [6.07, 6.45) is 3.30. The minimum Gasteiger partial charge on any atom is -0.507 e. The molecule has 5 nitrogen and oxygen atoms in total. The summed E-state index contributed by atoms with van der Waals surface area (Å²) in [5.74, 6) is -1.54. The summed E-state index contributed by atoms with van der Waals surface area (Å²) < 4.78 is 0. The molecule has 4 rings (SSSR count). The molecule has 3 aromatic rings. The van der Waals surface area contributed by atoms with Gasteiger partial charge >= 0.3 is 0 Å². The van der Waals surface area contributed by atoms with Crippen molar-refractivity contribution in [1.82, 2.24) is 9.88 Å². The first-order valence-electron chi connectivity index (χ1n) is 9.87. The second-order valence-corrected chi connectivity index (χ2v) is 8.09. The number of rotatable bonds is 4. The number of hydrogen-bond acceptors (Lipinski definition) is 4. The monoisotopic (exact) mass is 432 g/mol. The van der Waals surface area contributed by atoms with Crippen LogP contribution in [0.15, 0.2) is 72.6 Å². The second-order valence-electron chi connectivity index (χ2n) is 7.66. The van der Waals surface area contributed by atoms with Gasteiger partial charge in [0.15, 0.2) is 0 Å². The van der Waals surface area contributed by atoms with Crippen molar-refractivity contribution in [3.63, 3.8) is 0 Å². The van der Waals surface area contributed by atoms with E-state index in [1.807, 2.05) is 38.1 Å². The first-order valence-corrected chi connectivity index (χ1v) is 10.2. The SMILES string of the molecule is Cc1ccc(C)c(C(O)=C2C(=O)C(=O)N(Cc3cccnc3)C2c2ccc(Cl)cc2)c1. The number of hydrogen-bond donors (Lipinski definition) is 1. The largest absolute Gasteiger partial charge is 0.507 e. The van der Waals surface area contributed by atoms with Crippen LogP contribution in [0.5, 0.6) is 0 Å². The Bertz CT molecular complexity index is 1190. The molecule has 1 aliphatic heterocycles. The van der Waals surface area contributed by atoms with Crippen LogP contribution in [0.1, 0.15) is 33.9 Å². The van der Waals surface area contributed by atoms with Gasteiger partial charge in [0.2, 0.25) is 0 Å². The van der Waals surface area contributed by atoms with Gasteiger partial charge in [0.1, 0.15) is 5.76 Å². The number of carbonyl (C=O) groups is 2. The molecule has 1 amide bonds. The number of aliphatic hydroxyl groups excluding tert-OH is 1. The highest BCUT2D eigenvalue weighted by molar-refractivity contribution is 6.46. The van der Waals surface area contributed by atoms with Crippen molar-refractivity contribution in [2.75, 3.05) is 0 Å². The highest BCUT2D eigenvalue weighted by Gasteiger charge is 2.46. The molecule has 31 heavy (non-hydrogen) atoms. The van der Waals surface area contributed by atoms with Crippen LogP contribution in [0.25, 0.3) is 5.76 Å². The Kier molecular flexibility index (Phi) is 5.61. The number of nitrogens with zero attached hydrogens (tertiary/aromatic N) is 2. The van der Waals surface area contributed by atoms with Gasteiger partial charge in [0, 0.05) is 29.5 Å². The van der Waals surface area contributed by atoms with Crippen LogP contribution < -0.4 is 0 Å². The van der Waals surface area contributed by atoms with E-state index < -0.39 is 17.7 Å². The van der Waals surface area contributed by atoms with Crippen molar-refractivity contribution in [3.05, 3.63) is 105 Å². The number of halogens is 1.